The number of rotatable bonds is 6. The molecule has 3 amide bonds. The minimum Gasteiger partial charge on any atom is -0.347 e. The fourth-order valence-electron chi connectivity index (χ4n) is 2.03. The molecule has 0 aromatic heterocycles. The smallest absolute Gasteiger partial charge is 0.270 e. The lowest BCUT2D eigenvalue weighted by Crippen LogP contribution is -2.46. The molecule has 0 unspecified atom stereocenters. The molecule has 0 aliphatic heterocycles. The quantitative estimate of drug-likeness (QED) is 0.518. The molecule has 0 atom stereocenters. The van der Waals surface area contributed by atoms with Crippen LogP contribution >= 0.6 is 0 Å². The number of nitrogens with one attached hydrogen (secondary N) is 3. The monoisotopic (exact) mass is 356 g/mol. The van der Waals surface area contributed by atoms with Crippen LogP contribution in [0, 0.1) is 10.1 Å². The first-order chi connectivity index (χ1) is 12.5. The largest absolute Gasteiger partial charge is 0.347 e. The van der Waals surface area contributed by atoms with Gasteiger partial charge in [-0.25, -0.2) is 0 Å². The van der Waals surface area contributed by atoms with Crippen molar-refractivity contribution in [1.82, 2.24) is 16.2 Å². The molecule has 0 radical (unpaired) electrons. The second kappa shape index (κ2) is 8.92. The molecule has 0 aliphatic carbocycles. The molecule has 0 heterocycles. The third kappa shape index (κ3) is 5.71. The van der Waals surface area contributed by atoms with Crippen LogP contribution in [-0.4, -0.2) is 29.2 Å². The molecular weight excluding hydrogens is 340 g/mol. The van der Waals surface area contributed by atoms with Crippen LogP contribution in [0.1, 0.15) is 15.9 Å². The van der Waals surface area contributed by atoms with Crippen LogP contribution in [-0.2, 0) is 16.0 Å². The Labute approximate surface area is 148 Å². The molecule has 0 fully saturated rings. The molecule has 2 rings (SSSR count). The standard InChI is InChI=1S/C17H16N4O5/c22-15(9-12-5-2-1-3-6-12)18-11-16(23)19-20-17(24)13-7-4-8-14(10-13)21(25)26/h1-8,10H,9,11H2,(H,18,22)(H,19,23)(H,20,24). The summed E-state index contributed by atoms with van der Waals surface area (Å²) in [4.78, 5) is 45.3. The Hall–Kier alpha value is -3.75. The molecule has 3 N–H and O–H groups in total. The molecule has 0 saturated heterocycles. The predicted octanol–water partition coefficient (Wildman–Crippen LogP) is 0.715. The maximum absolute atomic E-state index is 11.9. The highest BCUT2D eigenvalue weighted by atomic mass is 16.6. The Morgan fingerprint density at radius 1 is 0.923 bits per heavy atom. The van der Waals surface area contributed by atoms with Gasteiger partial charge in [-0.1, -0.05) is 36.4 Å². The first kappa shape index (κ1) is 18.6. The molecule has 2 aromatic carbocycles. The van der Waals surface area contributed by atoms with Gasteiger partial charge in [-0.2, -0.15) is 0 Å². The van der Waals surface area contributed by atoms with E-state index in [1.165, 1.54) is 18.2 Å². The van der Waals surface area contributed by atoms with Crippen molar-refractivity contribution in [3.8, 4) is 0 Å². The summed E-state index contributed by atoms with van der Waals surface area (Å²) in [5, 5.41) is 13.1. The number of nitro groups is 1. The molecule has 26 heavy (non-hydrogen) atoms. The van der Waals surface area contributed by atoms with E-state index in [1.54, 1.807) is 24.3 Å². The first-order valence-corrected chi connectivity index (χ1v) is 7.60. The second-order valence-electron chi connectivity index (χ2n) is 5.25. The van der Waals surface area contributed by atoms with Crippen LogP contribution in [0.4, 0.5) is 5.69 Å². The normalized spacial score (nSPS) is 9.85. The zero-order valence-corrected chi connectivity index (χ0v) is 13.6. The number of amides is 3. The number of benzene rings is 2. The number of nitrogens with zero attached hydrogens (tertiary/aromatic N) is 1. The third-order valence-corrected chi connectivity index (χ3v) is 3.29. The van der Waals surface area contributed by atoms with E-state index in [0.717, 1.165) is 11.6 Å². The van der Waals surface area contributed by atoms with E-state index >= 15 is 0 Å². The average molecular weight is 356 g/mol. The predicted molar refractivity (Wildman–Crippen MR) is 91.9 cm³/mol. The van der Waals surface area contributed by atoms with Crippen LogP contribution in [0.15, 0.2) is 54.6 Å². The van der Waals surface area contributed by atoms with E-state index in [2.05, 4.69) is 16.2 Å². The third-order valence-electron chi connectivity index (χ3n) is 3.29. The lowest BCUT2D eigenvalue weighted by Gasteiger charge is -2.08. The van der Waals surface area contributed by atoms with Gasteiger partial charge >= 0.3 is 0 Å². The molecule has 0 spiro atoms. The van der Waals surface area contributed by atoms with Gasteiger partial charge < -0.3 is 5.32 Å². The molecule has 9 heteroatoms. The van der Waals surface area contributed by atoms with Crippen LogP contribution in [0.2, 0.25) is 0 Å². The summed E-state index contributed by atoms with van der Waals surface area (Å²) in [6.07, 6.45) is 0.133. The summed E-state index contributed by atoms with van der Waals surface area (Å²) < 4.78 is 0. The van der Waals surface area contributed by atoms with E-state index in [1.807, 2.05) is 6.07 Å². The average Bonchev–Trinajstić information content (AvgIpc) is 2.65. The summed E-state index contributed by atoms with van der Waals surface area (Å²) in [5.74, 6) is -1.68. The second-order valence-corrected chi connectivity index (χ2v) is 5.25. The van der Waals surface area contributed by atoms with Crippen molar-refractivity contribution >= 4 is 23.4 Å². The summed E-state index contributed by atoms with van der Waals surface area (Å²) in [7, 11) is 0. The highest BCUT2D eigenvalue weighted by Gasteiger charge is 2.12. The van der Waals surface area contributed by atoms with Gasteiger partial charge in [0.05, 0.1) is 17.9 Å². The van der Waals surface area contributed by atoms with Gasteiger partial charge in [0, 0.05) is 17.7 Å². The lowest BCUT2D eigenvalue weighted by atomic mass is 10.1. The van der Waals surface area contributed by atoms with Crippen molar-refractivity contribution < 1.29 is 19.3 Å². The van der Waals surface area contributed by atoms with E-state index in [0.29, 0.717) is 0 Å². The molecule has 134 valence electrons. The summed E-state index contributed by atoms with van der Waals surface area (Å²) in [6, 6.07) is 14.1. The number of hydrazine groups is 1. The Bertz CT molecular complexity index is 823. The van der Waals surface area contributed by atoms with Gasteiger partial charge in [-0.15, -0.1) is 0 Å². The highest BCUT2D eigenvalue weighted by Crippen LogP contribution is 2.12. The van der Waals surface area contributed by atoms with Crippen molar-refractivity contribution in [2.24, 2.45) is 0 Å². The van der Waals surface area contributed by atoms with E-state index in [-0.39, 0.29) is 30.1 Å². The summed E-state index contributed by atoms with van der Waals surface area (Å²) in [5.41, 5.74) is 4.84. The first-order valence-electron chi connectivity index (χ1n) is 7.60. The van der Waals surface area contributed by atoms with Crippen LogP contribution < -0.4 is 16.2 Å². The molecule has 0 saturated carbocycles. The number of nitro benzene ring substituents is 1. The Morgan fingerprint density at radius 3 is 2.35 bits per heavy atom. The van der Waals surface area contributed by atoms with Gasteiger partial charge in [0.25, 0.3) is 17.5 Å². The van der Waals surface area contributed by atoms with E-state index in [4.69, 9.17) is 0 Å². The number of hydrogen-bond donors (Lipinski definition) is 3. The van der Waals surface area contributed by atoms with Crippen molar-refractivity contribution in [3.63, 3.8) is 0 Å². The van der Waals surface area contributed by atoms with Crippen molar-refractivity contribution in [2.45, 2.75) is 6.42 Å². The molecular formula is C17H16N4O5. The van der Waals surface area contributed by atoms with Gasteiger partial charge in [0.2, 0.25) is 5.91 Å². The van der Waals surface area contributed by atoms with Crippen molar-refractivity contribution in [1.29, 1.82) is 0 Å². The van der Waals surface area contributed by atoms with Gasteiger partial charge in [0.1, 0.15) is 0 Å². The maximum atomic E-state index is 11.9. The molecule has 9 nitrogen and oxygen atoms in total. The minimum absolute atomic E-state index is 0.0209. The fourth-order valence-corrected chi connectivity index (χ4v) is 2.03. The Kier molecular flexibility index (Phi) is 6.38. The number of carbonyl (C=O) groups is 3. The molecule has 2 aromatic rings. The summed E-state index contributed by atoms with van der Waals surface area (Å²) in [6.45, 7) is -0.319. The van der Waals surface area contributed by atoms with Crippen LogP contribution in [0.25, 0.3) is 0 Å². The van der Waals surface area contributed by atoms with Gasteiger partial charge in [-0.3, -0.25) is 35.3 Å². The number of non-ortho nitro benzene ring substituents is 1. The molecule has 0 aliphatic rings. The van der Waals surface area contributed by atoms with Crippen molar-refractivity contribution in [2.75, 3.05) is 6.54 Å². The van der Waals surface area contributed by atoms with Gasteiger partial charge in [-0.05, 0) is 11.6 Å². The SMILES string of the molecule is O=C(Cc1ccccc1)NCC(=O)NNC(=O)c1cccc([N+](=O)[O-])c1. The van der Waals surface area contributed by atoms with Crippen LogP contribution in [0.3, 0.4) is 0 Å². The van der Waals surface area contributed by atoms with E-state index in [9.17, 15) is 24.5 Å². The number of hydrogen-bond acceptors (Lipinski definition) is 5. The zero-order chi connectivity index (χ0) is 18.9. The van der Waals surface area contributed by atoms with Crippen molar-refractivity contribution in [3.05, 3.63) is 75.8 Å². The molecule has 0 bridgehead atoms. The maximum Gasteiger partial charge on any atom is 0.270 e. The lowest BCUT2D eigenvalue weighted by molar-refractivity contribution is -0.384. The highest BCUT2D eigenvalue weighted by molar-refractivity contribution is 5.96. The summed E-state index contributed by atoms with van der Waals surface area (Å²) >= 11 is 0. The zero-order valence-electron chi connectivity index (χ0n) is 13.6. The van der Waals surface area contributed by atoms with E-state index < -0.39 is 16.7 Å². The number of carbonyl (C=O) groups excluding carboxylic acids is 3. The Balaban J connectivity index is 1.76. The van der Waals surface area contributed by atoms with Gasteiger partial charge in [0.15, 0.2) is 0 Å². The van der Waals surface area contributed by atoms with Crippen LogP contribution in [0.5, 0.6) is 0 Å². The minimum atomic E-state index is -0.710. The Morgan fingerprint density at radius 2 is 1.65 bits per heavy atom. The fraction of sp³-hybridized carbons (Fsp3) is 0.118. The topological polar surface area (TPSA) is 130 Å².